The summed E-state index contributed by atoms with van der Waals surface area (Å²) in [5.41, 5.74) is 23.0. The summed E-state index contributed by atoms with van der Waals surface area (Å²) in [5, 5.41) is 2.27. The summed E-state index contributed by atoms with van der Waals surface area (Å²) in [4.78, 5) is 2.46. The molecule has 0 saturated heterocycles. The van der Waals surface area contributed by atoms with Gasteiger partial charge in [0.25, 0.3) is 0 Å². The van der Waals surface area contributed by atoms with Gasteiger partial charge in [0.1, 0.15) is 11.2 Å². The van der Waals surface area contributed by atoms with Crippen LogP contribution < -0.4 is 4.90 Å². The van der Waals surface area contributed by atoms with Gasteiger partial charge in [-0.3, -0.25) is 0 Å². The van der Waals surface area contributed by atoms with Crippen LogP contribution in [0.15, 0.2) is 205 Å². The molecule has 0 unspecified atom stereocenters. The molecular weight excluding hydrogens is 751 g/mol. The summed E-state index contributed by atoms with van der Waals surface area (Å²) < 4.78 is 6.34. The summed E-state index contributed by atoms with van der Waals surface area (Å²) in [6, 6.07) is 73.5. The Balaban J connectivity index is 0.947. The molecule has 0 radical (unpaired) electrons. The Kier molecular flexibility index (Phi) is 7.96. The summed E-state index contributed by atoms with van der Waals surface area (Å²) in [6.07, 6.45) is 0. The molecule has 62 heavy (non-hydrogen) atoms. The lowest BCUT2D eigenvalue weighted by atomic mass is 9.81. The second kappa shape index (κ2) is 13.5. The van der Waals surface area contributed by atoms with Crippen molar-refractivity contribution in [1.82, 2.24) is 0 Å². The van der Waals surface area contributed by atoms with E-state index in [0.717, 1.165) is 44.4 Å². The number of hydrogen-bond donors (Lipinski definition) is 0. The molecule has 0 atom stereocenters. The zero-order valence-corrected chi connectivity index (χ0v) is 35.4. The van der Waals surface area contributed by atoms with E-state index >= 15 is 0 Å². The van der Waals surface area contributed by atoms with Gasteiger partial charge in [-0.1, -0.05) is 179 Å². The molecule has 0 spiro atoms. The van der Waals surface area contributed by atoms with Crippen LogP contribution >= 0.6 is 0 Å². The van der Waals surface area contributed by atoms with E-state index in [-0.39, 0.29) is 10.8 Å². The zero-order valence-electron chi connectivity index (χ0n) is 35.4. The van der Waals surface area contributed by atoms with E-state index in [4.69, 9.17) is 4.42 Å². The zero-order chi connectivity index (χ0) is 41.7. The topological polar surface area (TPSA) is 16.4 Å². The Bertz CT molecular complexity index is 3400. The Morgan fingerprint density at radius 3 is 1.68 bits per heavy atom. The highest BCUT2D eigenvalue weighted by Gasteiger charge is 2.39. The molecule has 1 aromatic heterocycles. The Morgan fingerprint density at radius 1 is 0.355 bits per heavy atom. The van der Waals surface area contributed by atoms with Crippen molar-refractivity contribution in [3.8, 4) is 55.6 Å². The van der Waals surface area contributed by atoms with Crippen LogP contribution in [0.1, 0.15) is 49.9 Å². The van der Waals surface area contributed by atoms with Gasteiger partial charge >= 0.3 is 0 Å². The van der Waals surface area contributed by atoms with Crippen molar-refractivity contribution in [3.63, 3.8) is 0 Å². The molecule has 0 amide bonds. The molecule has 2 heteroatoms. The fraction of sp³-hybridized carbons (Fsp3) is 0.100. The predicted molar refractivity (Wildman–Crippen MR) is 260 cm³/mol. The van der Waals surface area contributed by atoms with E-state index in [9.17, 15) is 0 Å². The third-order valence-corrected chi connectivity index (χ3v) is 13.9. The van der Waals surface area contributed by atoms with Crippen molar-refractivity contribution in [2.45, 2.75) is 38.5 Å². The highest BCUT2D eigenvalue weighted by atomic mass is 16.3. The van der Waals surface area contributed by atoms with Crippen molar-refractivity contribution in [2.75, 3.05) is 4.90 Å². The molecule has 0 fully saturated rings. The molecule has 1 heterocycles. The van der Waals surface area contributed by atoms with Crippen LogP contribution in [0.2, 0.25) is 0 Å². The third-order valence-electron chi connectivity index (χ3n) is 13.9. The molecule has 10 aromatic rings. The first-order chi connectivity index (χ1) is 30.3. The van der Waals surface area contributed by atoms with Crippen LogP contribution in [0.4, 0.5) is 17.1 Å². The van der Waals surface area contributed by atoms with Crippen molar-refractivity contribution in [1.29, 1.82) is 0 Å². The molecule has 2 aliphatic rings. The van der Waals surface area contributed by atoms with E-state index in [1.165, 1.54) is 72.4 Å². The summed E-state index contributed by atoms with van der Waals surface area (Å²) >= 11 is 0. The first kappa shape index (κ1) is 36.4. The molecule has 2 nitrogen and oxygen atoms in total. The average molecular weight is 796 g/mol. The van der Waals surface area contributed by atoms with Crippen molar-refractivity contribution >= 4 is 39.0 Å². The van der Waals surface area contributed by atoms with E-state index in [1.54, 1.807) is 0 Å². The van der Waals surface area contributed by atoms with E-state index in [1.807, 2.05) is 6.07 Å². The Labute approximate surface area is 363 Å². The van der Waals surface area contributed by atoms with Gasteiger partial charge in [-0.05, 0) is 126 Å². The van der Waals surface area contributed by atoms with Gasteiger partial charge < -0.3 is 9.32 Å². The highest BCUT2D eigenvalue weighted by molar-refractivity contribution is 6.12. The Morgan fingerprint density at radius 2 is 0.903 bits per heavy atom. The summed E-state index contributed by atoms with van der Waals surface area (Å²) in [6.45, 7) is 9.42. The maximum Gasteiger partial charge on any atom is 0.136 e. The van der Waals surface area contributed by atoms with Gasteiger partial charge in [0.15, 0.2) is 0 Å². The van der Waals surface area contributed by atoms with Crippen molar-refractivity contribution < 1.29 is 4.42 Å². The van der Waals surface area contributed by atoms with Crippen molar-refractivity contribution in [3.05, 3.63) is 222 Å². The quantitative estimate of drug-likeness (QED) is 0.167. The number of para-hydroxylation sites is 1. The fourth-order valence-electron chi connectivity index (χ4n) is 10.8. The smallest absolute Gasteiger partial charge is 0.136 e. The number of benzene rings is 9. The van der Waals surface area contributed by atoms with Gasteiger partial charge in [-0.2, -0.15) is 0 Å². The molecule has 9 aromatic carbocycles. The maximum absolute atomic E-state index is 6.34. The monoisotopic (exact) mass is 795 g/mol. The standard InChI is InChI=1S/C60H45NO/c1-59(2)51-21-8-6-17-47(51)50-37-41(32-35-53(50)59)40-28-26-38(27-29-40)39-30-33-43(34-31-39)61(54-23-12-20-48-46-16-5-9-22-52(46)60(3,4)58(48)54)44-15-11-14-42(36-44)45-19-13-25-56-57(45)49-18-7-10-24-55(49)62-56/h5-37H,1-4H3. The van der Waals surface area contributed by atoms with Crippen LogP contribution in [-0.4, -0.2) is 0 Å². The lowest BCUT2D eigenvalue weighted by Gasteiger charge is -2.32. The lowest BCUT2D eigenvalue weighted by molar-refractivity contribution is 0.660. The van der Waals surface area contributed by atoms with Gasteiger partial charge in [-0.25, -0.2) is 0 Å². The molecule has 0 N–H and O–H groups in total. The van der Waals surface area contributed by atoms with E-state index < -0.39 is 0 Å². The van der Waals surface area contributed by atoms with E-state index in [2.05, 4.69) is 227 Å². The fourth-order valence-corrected chi connectivity index (χ4v) is 10.8. The van der Waals surface area contributed by atoms with Crippen LogP contribution in [0.25, 0.3) is 77.6 Å². The normalized spacial score (nSPS) is 14.1. The molecule has 0 bridgehead atoms. The Hall–Kier alpha value is -7.42. The lowest BCUT2D eigenvalue weighted by Crippen LogP contribution is -2.20. The van der Waals surface area contributed by atoms with Crippen LogP contribution in [-0.2, 0) is 10.8 Å². The summed E-state index contributed by atoms with van der Waals surface area (Å²) in [5.74, 6) is 0. The highest BCUT2D eigenvalue weighted by Crippen LogP contribution is 2.55. The predicted octanol–water partition coefficient (Wildman–Crippen LogP) is 16.7. The van der Waals surface area contributed by atoms with Gasteiger partial charge in [0.2, 0.25) is 0 Å². The van der Waals surface area contributed by atoms with Gasteiger partial charge in [0.05, 0.1) is 5.69 Å². The minimum absolute atomic E-state index is 0.00483. The summed E-state index contributed by atoms with van der Waals surface area (Å²) in [7, 11) is 0. The first-order valence-corrected chi connectivity index (χ1v) is 21.8. The number of hydrogen-bond acceptors (Lipinski definition) is 2. The van der Waals surface area contributed by atoms with Gasteiger partial charge in [0, 0.05) is 33.0 Å². The minimum atomic E-state index is -0.195. The molecule has 2 aliphatic carbocycles. The third kappa shape index (κ3) is 5.43. The first-order valence-electron chi connectivity index (χ1n) is 21.8. The van der Waals surface area contributed by atoms with Crippen LogP contribution in [0, 0.1) is 0 Å². The second-order valence-corrected chi connectivity index (χ2v) is 18.1. The number of nitrogens with zero attached hydrogens (tertiary/aromatic N) is 1. The largest absolute Gasteiger partial charge is 0.456 e. The van der Waals surface area contributed by atoms with Crippen molar-refractivity contribution in [2.24, 2.45) is 0 Å². The number of fused-ring (bicyclic) bond motifs is 9. The van der Waals surface area contributed by atoms with Crippen LogP contribution in [0.3, 0.4) is 0 Å². The number of rotatable bonds is 6. The van der Waals surface area contributed by atoms with Gasteiger partial charge in [-0.15, -0.1) is 0 Å². The molecule has 12 rings (SSSR count). The molecule has 0 aliphatic heterocycles. The molecule has 0 saturated carbocycles. The average Bonchev–Trinajstić information content (AvgIpc) is 3.89. The van der Waals surface area contributed by atoms with E-state index in [0.29, 0.717) is 0 Å². The minimum Gasteiger partial charge on any atom is -0.456 e. The molecule has 296 valence electrons. The molecular formula is C60H45NO. The number of furan rings is 1. The number of anilines is 3. The second-order valence-electron chi connectivity index (χ2n) is 18.1. The maximum atomic E-state index is 6.34. The SMILES string of the molecule is CC1(C)c2ccccc2-c2cc(-c3ccc(-c4ccc(N(c5cccc(-c6cccc7oc8ccccc8c67)c5)c5cccc6c5C(C)(C)c5ccccc5-6)cc4)cc3)ccc21. The van der Waals surface area contributed by atoms with Crippen LogP contribution in [0.5, 0.6) is 0 Å².